The van der Waals surface area contributed by atoms with Crippen molar-refractivity contribution in [3.8, 4) is 0 Å². The van der Waals surface area contributed by atoms with Crippen molar-refractivity contribution in [3.05, 3.63) is 28.7 Å². The molecule has 0 saturated carbocycles. The summed E-state index contributed by atoms with van der Waals surface area (Å²) >= 11 is 0. The highest BCUT2D eigenvalue weighted by molar-refractivity contribution is 7.89. The Kier molecular flexibility index (Phi) is 3.75. The molecule has 0 amide bonds. The Hall–Kier alpha value is -1.60. The Bertz CT molecular complexity index is 786. The molecule has 0 atom stereocenters. The van der Waals surface area contributed by atoms with Gasteiger partial charge in [0.1, 0.15) is 0 Å². The molecule has 1 aromatic heterocycles. The van der Waals surface area contributed by atoms with Gasteiger partial charge in [-0.3, -0.25) is 4.57 Å². The molecule has 20 heavy (non-hydrogen) atoms. The summed E-state index contributed by atoms with van der Waals surface area (Å²) in [6.45, 7) is 4.34. The van der Waals surface area contributed by atoms with Crippen molar-refractivity contribution in [3.63, 3.8) is 0 Å². The number of aryl methyl sites for hydroxylation is 1. The molecule has 0 unspecified atom stereocenters. The highest BCUT2D eigenvalue weighted by Crippen LogP contribution is 2.21. The van der Waals surface area contributed by atoms with Gasteiger partial charge in [-0.2, -0.15) is 0 Å². The number of aromatic nitrogens is 1. The number of hydrogen-bond acceptors (Lipinski definition) is 4. The summed E-state index contributed by atoms with van der Waals surface area (Å²) in [6.07, 6.45) is 0. The number of oxazole rings is 1. The van der Waals surface area contributed by atoms with Crippen LogP contribution in [0, 0.1) is 5.92 Å². The number of benzene rings is 1. The van der Waals surface area contributed by atoms with Crippen LogP contribution in [-0.4, -0.2) is 30.9 Å². The molecule has 0 saturated heterocycles. The van der Waals surface area contributed by atoms with Crippen molar-refractivity contribution in [2.75, 3.05) is 13.6 Å². The van der Waals surface area contributed by atoms with E-state index in [-0.39, 0.29) is 10.8 Å². The molecule has 0 aliphatic carbocycles. The topological polar surface area (TPSA) is 72.5 Å². The first-order valence-electron chi connectivity index (χ1n) is 6.29. The summed E-state index contributed by atoms with van der Waals surface area (Å²) < 4.78 is 32.5. The van der Waals surface area contributed by atoms with Gasteiger partial charge < -0.3 is 4.42 Å². The molecule has 0 bridgehead atoms. The lowest BCUT2D eigenvalue weighted by molar-refractivity contribution is 0.417. The summed E-state index contributed by atoms with van der Waals surface area (Å²) in [7, 11) is -0.463. The van der Waals surface area contributed by atoms with Crippen molar-refractivity contribution in [2.45, 2.75) is 18.7 Å². The van der Waals surface area contributed by atoms with E-state index in [4.69, 9.17) is 4.42 Å². The van der Waals surface area contributed by atoms with Crippen LogP contribution in [0.3, 0.4) is 0 Å². The van der Waals surface area contributed by atoms with Crippen molar-refractivity contribution in [1.29, 1.82) is 0 Å². The summed E-state index contributed by atoms with van der Waals surface area (Å²) in [5.74, 6) is -0.276. The molecule has 6 nitrogen and oxygen atoms in total. The highest BCUT2D eigenvalue weighted by atomic mass is 32.2. The molecule has 0 aliphatic rings. The van der Waals surface area contributed by atoms with Gasteiger partial charge in [0.15, 0.2) is 5.58 Å². The van der Waals surface area contributed by atoms with Crippen LogP contribution in [0.1, 0.15) is 13.8 Å². The molecule has 0 aliphatic heterocycles. The summed E-state index contributed by atoms with van der Waals surface area (Å²) in [5, 5.41) is 0. The van der Waals surface area contributed by atoms with E-state index >= 15 is 0 Å². The predicted molar refractivity (Wildman–Crippen MR) is 76.1 cm³/mol. The van der Waals surface area contributed by atoms with Gasteiger partial charge in [0, 0.05) is 20.6 Å². The fraction of sp³-hybridized carbons (Fsp3) is 0.462. The second-order valence-corrected chi connectivity index (χ2v) is 7.28. The molecule has 7 heteroatoms. The minimum Gasteiger partial charge on any atom is -0.408 e. The van der Waals surface area contributed by atoms with Gasteiger partial charge in [-0.1, -0.05) is 13.8 Å². The zero-order chi connectivity index (χ0) is 15.1. The zero-order valence-corrected chi connectivity index (χ0v) is 12.8. The van der Waals surface area contributed by atoms with Gasteiger partial charge in [-0.25, -0.2) is 17.5 Å². The molecule has 0 spiro atoms. The molecular weight excluding hydrogens is 280 g/mol. The minimum absolute atomic E-state index is 0.157. The molecule has 1 aromatic carbocycles. The first-order chi connectivity index (χ1) is 9.23. The molecule has 2 rings (SSSR count). The number of nitrogens with zero attached hydrogens (tertiary/aromatic N) is 2. The molecule has 2 aromatic rings. The Balaban J connectivity index is 2.52. The van der Waals surface area contributed by atoms with Crippen LogP contribution in [0.4, 0.5) is 0 Å². The van der Waals surface area contributed by atoms with Crippen LogP contribution >= 0.6 is 0 Å². The predicted octanol–water partition coefficient (Wildman–Crippen LogP) is 1.41. The fourth-order valence-corrected chi connectivity index (χ4v) is 3.41. The van der Waals surface area contributed by atoms with Gasteiger partial charge in [0.25, 0.3) is 0 Å². The van der Waals surface area contributed by atoms with Crippen LogP contribution in [0.25, 0.3) is 11.1 Å². The third-order valence-corrected chi connectivity index (χ3v) is 4.91. The molecule has 1 heterocycles. The number of sulfonamides is 1. The molecule has 0 fully saturated rings. The van der Waals surface area contributed by atoms with E-state index in [1.807, 2.05) is 13.8 Å². The summed E-state index contributed by atoms with van der Waals surface area (Å²) in [4.78, 5) is 11.6. The van der Waals surface area contributed by atoms with Gasteiger partial charge >= 0.3 is 5.76 Å². The monoisotopic (exact) mass is 298 g/mol. The minimum atomic E-state index is -3.56. The second kappa shape index (κ2) is 5.06. The van der Waals surface area contributed by atoms with E-state index in [2.05, 4.69) is 0 Å². The molecule has 0 radical (unpaired) electrons. The van der Waals surface area contributed by atoms with Gasteiger partial charge in [0.05, 0.1) is 10.4 Å². The second-order valence-electron chi connectivity index (χ2n) is 5.24. The maximum Gasteiger partial charge on any atom is 0.419 e. The first-order valence-corrected chi connectivity index (χ1v) is 7.73. The van der Waals surface area contributed by atoms with Crippen molar-refractivity contribution in [1.82, 2.24) is 8.87 Å². The van der Waals surface area contributed by atoms with Crippen LogP contribution in [0.15, 0.2) is 32.3 Å². The molecule has 0 N–H and O–H groups in total. The number of hydrogen-bond donors (Lipinski definition) is 0. The van der Waals surface area contributed by atoms with Gasteiger partial charge in [0.2, 0.25) is 10.0 Å². The van der Waals surface area contributed by atoms with E-state index in [9.17, 15) is 13.2 Å². The third kappa shape index (κ3) is 2.51. The van der Waals surface area contributed by atoms with Crippen LogP contribution in [0.2, 0.25) is 0 Å². The average molecular weight is 298 g/mol. The molecular formula is C13H18N2O4S. The van der Waals surface area contributed by atoms with E-state index in [0.717, 1.165) is 0 Å². The Labute approximate surface area is 117 Å². The van der Waals surface area contributed by atoms with Gasteiger partial charge in [-0.15, -0.1) is 0 Å². The Morgan fingerprint density at radius 3 is 2.60 bits per heavy atom. The number of fused-ring (bicyclic) bond motifs is 1. The van der Waals surface area contributed by atoms with E-state index < -0.39 is 15.8 Å². The Morgan fingerprint density at radius 2 is 2.00 bits per heavy atom. The third-order valence-electron chi connectivity index (χ3n) is 3.09. The maximum absolute atomic E-state index is 12.4. The number of rotatable bonds is 4. The van der Waals surface area contributed by atoms with E-state index in [1.54, 1.807) is 14.1 Å². The van der Waals surface area contributed by atoms with Crippen LogP contribution in [0.5, 0.6) is 0 Å². The smallest absolute Gasteiger partial charge is 0.408 e. The van der Waals surface area contributed by atoms with Crippen LogP contribution < -0.4 is 5.76 Å². The standard InChI is InChI=1S/C13H18N2O4S/c1-9(2)8-14(3)20(17,18)10-5-6-12-11(7-10)15(4)13(16)19-12/h5-7,9H,8H2,1-4H3. The average Bonchev–Trinajstić information content (AvgIpc) is 2.64. The Morgan fingerprint density at radius 1 is 1.35 bits per heavy atom. The van der Waals surface area contributed by atoms with Gasteiger partial charge in [-0.05, 0) is 24.1 Å². The lowest BCUT2D eigenvalue weighted by Crippen LogP contribution is -2.30. The summed E-state index contributed by atoms with van der Waals surface area (Å²) in [5.41, 5.74) is 0.844. The molecule has 110 valence electrons. The first kappa shape index (κ1) is 14.8. The maximum atomic E-state index is 12.4. The van der Waals surface area contributed by atoms with E-state index in [1.165, 1.54) is 27.1 Å². The normalized spacial score (nSPS) is 12.7. The summed E-state index contributed by atoms with van der Waals surface area (Å²) in [6, 6.07) is 4.43. The highest BCUT2D eigenvalue weighted by Gasteiger charge is 2.22. The SMILES string of the molecule is CC(C)CN(C)S(=O)(=O)c1ccc2oc(=O)n(C)c2c1. The van der Waals surface area contributed by atoms with Crippen LogP contribution in [-0.2, 0) is 17.1 Å². The zero-order valence-electron chi connectivity index (χ0n) is 12.0. The quantitative estimate of drug-likeness (QED) is 0.855. The fourth-order valence-electron chi connectivity index (χ4n) is 2.06. The largest absolute Gasteiger partial charge is 0.419 e. The van der Waals surface area contributed by atoms with Crippen molar-refractivity contribution in [2.24, 2.45) is 13.0 Å². The lowest BCUT2D eigenvalue weighted by atomic mass is 10.2. The van der Waals surface area contributed by atoms with E-state index in [0.29, 0.717) is 17.6 Å². The van der Waals surface area contributed by atoms with Crippen molar-refractivity contribution < 1.29 is 12.8 Å². The van der Waals surface area contributed by atoms with Crippen molar-refractivity contribution >= 4 is 21.1 Å². The lowest BCUT2D eigenvalue weighted by Gasteiger charge is -2.19.